The number of carbonyl (C=O) groups excluding carboxylic acids is 1. The van der Waals surface area contributed by atoms with Crippen molar-refractivity contribution in [3.8, 4) is 11.9 Å². The topological polar surface area (TPSA) is 113 Å². The minimum absolute atomic E-state index is 0.0595. The van der Waals surface area contributed by atoms with Gasteiger partial charge in [-0.15, -0.1) is 5.10 Å². The Bertz CT molecular complexity index is 1410. The van der Waals surface area contributed by atoms with Gasteiger partial charge in [0.25, 0.3) is 0 Å². The smallest absolute Gasteiger partial charge is 0.163 e. The zero-order valence-corrected chi connectivity index (χ0v) is 18.6. The molecule has 0 radical (unpaired) electrons. The SMILES string of the molecule is CC(=O)c1ccc(-n2cnc3ccc(Nc4ccc(C)nn4)cc32)nc1N1CC(C)(C#N)C1. The normalized spacial score (nSPS) is 14.5. The number of nitrogens with zero attached hydrogens (tertiary/aromatic N) is 7. The van der Waals surface area contributed by atoms with Crippen molar-refractivity contribution < 1.29 is 4.79 Å². The molecule has 9 heteroatoms. The van der Waals surface area contributed by atoms with Crippen LogP contribution in [0.3, 0.4) is 0 Å². The summed E-state index contributed by atoms with van der Waals surface area (Å²) >= 11 is 0. The Kier molecular flexibility index (Phi) is 4.78. The number of ketones is 1. The Balaban J connectivity index is 1.52. The van der Waals surface area contributed by atoms with E-state index >= 15 is 0 Å². The maximum Gasteiger partial charge on any atom is 0.163 e. The van der Waals surface area contributed by atoms with Crippen molar-refractivity contribution in [1.29, 1.82) is 5.26 Å². The fourth-order valence-corrected chi connectivity index (χ4v) is 3.99. The van der Waals surface area contributed by atoms with Crippen molar-refractivity contribution in [2.24, 2.45) is 5.41 Å². The molecular formula is C24H22N8O. The van der Waals surface area contributed by atoms with E-state index in [0.29, 0.717) is 36.1 Å². The molecule has 0 unspecified atom stereocenters. The summed E-state index contributed by atoms with van der Waals surface area (Å²) in [5.74, 6) is 1.83. The van der Waals surface area contributed by atoms with Crippen LogP contribution < -0.4 is 10.2 Å². The number of hydrogen-bond acceptors (Lipinski definition) is 8. The van der Waals surface area contributed by atoms with Gasteiger partial charge in [0.15, 0.2) is 11.6 Å². The molecule has 1 aliphatic rings. The zero-order chi connectivity index (χ0) is 23.2. The van der Waals surface area contributed by atoms with Crippen LogP contribution in [0.4, 0.5) is 17.3 Å². The van der Waals surface area contributed by atoms with Gasteiger partial charge in [-0.25, -0.2) is 9.97 Å². The van der Waals surface area contributed by atoms with E-state index in [0.717, 1.165) is 22.4 Å². The van der Waals surface area contributed by atoms with Crippen LogP contribution in [0.15, 0.2) is 48.8 Å². The summed E-state index contributed by atoms with van der Waals surface area (Å²) in [6.07, 6.45) is 1.72. The van der Waals surface area contributed by atoms with Crippen LogP contribution in [0.25, 0.3) is 16.9 Å². The van der Waals surface area contributed by atoms with E-state index in [1.807, 2.05) is 59.7 Å². The highest BCUT2D eigenvalue weighted by atomic mass is 16.1. The number of benzene rings is 1. The number of nitriles is 1. The molecule has 0 saturated carbocycles. The van der Waals surface area contributed by atoms with Crippen LogP contribution in [0.1, 0.15) is 29.9 Å². The van der Waals surface area contributed by atoms with Crippen LogP contribution in [-0.4, -0.2) is 43.6 Å². The summed E-state index contributed by atoms with van der Waals surface area (Å²) in [5, 5.41) is 20.9. The number of hydrogen-bond donors (Lipinski definition) is 1. The van der Waals surface area contributed by atoms with E-state index in [-0.39, 0.29) is 5.78 Å². The highest BCUT2D eigenvalue weighted by Gasteiger charge is 2.41. The molecule has 0 bridgehead atoms. The summed E-state index contributed by atoms with van der Waals surface area (Å²) in [6, 6.07) is 15.5. The number of Topliss-reactive ketones (excluding diaryl/α,β-unsaturated/α-hetero) is 1. The number of fused-ring (bicyclic) bond motifs is 1. The molecule has 3 aromatic heterocycles. The van der Waals surface area contributed by atoms with Crippen LogP contribution in [0, 0.1) is 23.7 Å². The van der Waals surface area contributed by atoms with Gasteiger partial charge >= 0.3 is 0 Å². The Morgan fingerprint density at radius 2 is 1.97 bits per heavy atom. The molecule has 1 fully saturated rings. The van der Waals surface area contributed by atoms with Gasteiger partial charge in [0.2, 0.25) is 0 Å². The van der Waals surface area contributed by atoms with Crippen molar-refractivity contribution in [3.05, 3.63) is 60.0 Å². The molecule has 1 saturated heterocycles. The molecule has 1 aromatic carbocycles. The van der Waals surface area contributed by atoms with Gasteiger partial charge in [-0.3, -0.25) is 9.36 Å². The van der Waals surface area contributed by atoms with Crippen molar-refractivity contribution >= 4 is 34.1 Å². The predicted molar refractivity (Wildman–Crippen MR) is 125 cm³/mol. The van der Waals surface area contributed by atoms with E-state index < -0.39 is 5.41 Å². The Hall–Kier alpha value is -4.32. The number of carbonyl (C=O) groups is 1. The molecule has 164 valence electrons. The second-order valence-electron chi connectivity index (χ2n) is 8.63. The lowest BCUT2D eigenvalue weighted by Gasteiger charge is -2.44. The third-order valence-electron chi connectivity index (χ3n) is 5.75. The van der Waals surface area contributed by atoms with Gasteiger partial charge in [0.1, 0.15) is 18.0 Å². The lowest BCUT2D eigenvalue weighted by molar-refractivity contribution is 0.101. The Labute approximate surface area is 190 Å². The number of rotatable bonds is 5. The molecule has 0 atom stereocenters. The highest BCUT2D eigenvalue weighted by Crippen LogP contribution is 2.35. The summed E-state index contributed by atoms with van der Waals surface area (Å²) in [6.45, 7) is 6.41. The van der Waals surface area contributed by atoms with E-state index in [1.165, 1.54) is 6.92 Å². The first kappa shape index (κ1) is 20.6. The molecule has 0 spiro atoms. The minimum atomic E-state index is -0.424. The standard InChI is InChI=1S/C24H22N8O/c1-15-4-8-21(30-29-15)27-17-5-7-19-20(10-17)32(14-26-19)22-9-6-18(16(2)33)23(28-22)31-12-24(3,11-25)13-31/h4-10,14H,12-13H2,1-3H3,(H,27,30). The van der Waals surface area contributed by atoms with E-state index in [1.54, 1.807) is 12.4 Å². The zero-order valence-electron chi connectivity index (χ0n) is 18.6. The fraction of sp³-hybridized carbons (Fsp3) is 0.250. The quantitative estimate of drug-likeness (QED) is 0.468. The third kappa shape index (κ3) is 3.76. The van der Waals surface area contributed by atoms with Crippen molar-refractivity contribution in [2.45, 2.75) is 20.8 Å². The largest absolute Gasteiger partial charge is 0.353 e. The van der Waals surface area contributed by atoms with E-state index in [4.69, 9.17) is 4.98 Å². The minimum Gasteiger partial charge on any atom is -0.353 e. The first-order valence-electron chi connectivity index (χ1n) is 10.6. The van der Waals surface area contributed by atoms with Crippen molar-refractivity contribution in [2.75, 3.05) is 23.3 Å². The fourth-order valence-electron chi connectivity index (χ4n) is 3.99. The average molecular weight is 438 g/mol. The molecule has 0 aliphatic carbocycles. The molecule has 33 heavy (non-hydrogen) atoms. The number of anilines is 3. The summed E-state index contributed by atoms with van der Waals surface area (Å²) < 4.78 is 1.89. The van der Waals surface area contributed by atoms with Crippen LogP contribution in [0.2, 0.25) is 0 Å². The molecule has 5 rings (SSSR count). The maximum atomic E-state index is 12.2. The number of nitrogens with one attached hydrogen (secondary N) is 1. The van der Waals surface area contributed by atoms with E-state index in [9.17, 15) is 10.1 Å². The van der Waals surface area contributed by atoms with Gasteiger partial charge in [0, 0.05) is 18.8 Å². The summed E-state index contributed by atoms with van der Waals surface area (Å²) in [7, 11) is 0. The van der Waals surface area contributed by atoms with Crippen LogP contribution in [-0.2, 0) is 0 Å². The second kappa shape index (κ2) is 7.67. The first-order chi connectivity index (χ1) is 15.8. The molecule has 1 N–H and O–H groups in total. The highest BCUT2D eigenvalue weighted by molar-refractivity contribution is 5.99. The number of pyridine rings is 1. The van der Waals surface area contributed by atoms with Gasteiger partial charge in [-0.05, 0) is 63.2 Å². The van der Waals surface area contributed by atoms with Gasteiger partial charge in [0.05, 0.1) is 33.8 Å². The Morgan fingerprint density at radius 3 is 2.67 bits per heavy atom. The lowest BCUT2D eigenvalue weighted by atomic mass is 9.83. The van der Waals surface area contributed by atoms with Gasteiger partial charge in [-0.2, -0.15) is 10.4 Å². The third-order valence-corrected chi connectivity index (χ3v) is 5.75. The van der Waals surface area contributed by atoms with Crippen molar-refractivity contribution in [1.82, 2.24) is 24.7 Å². The summed E-state index contributed by atoms with van der Waals surface area (Å²) in [4.78, 5) is 23.5. The molecule has 0 amide bonds. The van der Waals surface area contributed by atoms with Gasteiger partial charge < -0.3 is 10.2 Å². The molecule has 1 aliphatic heterocycles. The molecule has 9 nitrogen and oxygen atoms in total. The monoisotopic (exact) mass is 438 g/mol. The van der Waals surface area contributed by atoms with Crippen LogP contribution >= 0.6 is 0 Å². The predicted octanol–water partition coefficient (Wildman–Crippen LogP) is 3.82. The molecule has 4 heterocycles. The number of imidazole rings is 1. The second-order valence-corrected chi connectivity index (χ2v) is 8.63. The number of aromatic nitrogens is 5. The first-order valence-corrected chi connectivity index (χ1v) is 10.6. The number of aryl methyl sites for hydroxylation is 1. The molecular weight excluding hydrogens is 416 g/mol. The van der Waals surface area contributed by atoms with Gasteiger partial charge in [-0.1, -0.05) is 0 Å². The average Bonchev–Trinajstić information content (AvgIpc) is 3.21. The Morgan fingerprint density at radius 1 is 1.15 bits per heavy atom. The summed E-state index contributed by atoms with van der Waals surface area (Å²) in [5.41, 5.74) is 3.49. The molecule has 4 aromatic rings. The van der Waals surface area contributed by atoms with Crippen LogP contribution in [0.5, 0.6) is 0 Å². The van der Waals surface area contributed by atoms with E-state index in [2.05, 4.69) is 26.6 Å². The maximum absolute atomic E-state index is 12.2. The lowest BCUT2D eigenvalue weighted by Crippen LogP contribution is -2.54. The van der Waals surface area contributed by atoms with Crippen molar-refractivity contribution in [3.63, 3.8) is 0 Å².